The van der Waals surface area contributed by atoms with Gasteiger partial charge in [-0.05, 0) is 41.5 Å². The number of benzene rings is 2. The number of aryl methyl sites for hydroxylation is 1. The number of carboxylic acids is 1. The van der Waals surface area contributed by atoms with Crippen LogP contribution < -0.4 is 15.6 Å². The highest BCUT2D eigenvalue weighted by molar-refractivity contribution is 6.31. The van der Waals surface area contributed by atoms with E-state index in [1.54, 1.807) is 48.4 Å². The zero-order valence-electron chi connectivity index (χ0n) is 20.8. The van der Waals surface area contributed by atoms with Gasteiger partial charge in [-0.2, -0.15) is 36.4 Å². The molecule has 0 aliphatic rings. The lowest BCUT2D eigenvalue weighted by molar-refractivity contribution is -0.192. The van der Waals surface area contributed by atoms with Crippen molar-refractivity contribution in [3.63, 3.8) is 0 Å². The molecule has 0 fully saturated rings. The SMILES string of the molecule is Cn1cc(Cc2c[nH]c(NCc3ccc(Oc4ccc(Cl)c(C(F)(F)F)c4)cc3)nc2=O)cn1.O=C(O)C(F)(F)F. The van der Waals surface area contributed by atoms with Gasteiger partial charge in [0.2, 0.25) is 5.95 Å². The highest BCUT2D eigenvalue weighted by atomic mass is 35.5. The number of aromatic nitrogens is 4. The highest BCUT2D eigenvalue weighted by Crippen LogP contribution is 2.37. The maximum atomic E-state index is 13.0. The van der Waals surface area contributed by atoms with E-state index in [9.17, 15) is 31.1 Å². The first-order valence-electron chi connectivity index (χ1n) is 11.4. The predicted octanol–water partition coefficient (Wildman–Crippen LogP) is 5.80. The Morgan fingerprint density at radius 1 is 1.07 bits per heavy atom. The van der Waals surface area contributed by atoms with Gasteiger partial charge in [-0.25, -0.2) is 4.79 Å². The summed E-state index contributed by atoms with van der Waals surface area (Å²) in [5, 5.41) is 13.8. The molecule has 4 aromatic rings. The second kappa shape index (κ2) is 12.8. The van der Waals surface area contributed by atoms with E-state index in [1.807, 2.05) is 6.20 Å². The molecular weight excluding hydrogens is 584 g/mol. The number of carbonyl (C=O) groups is 1. The molecule has 3 N–H and O–H groups in total. The number of carboxylic acid groups (broad SMARTS) is 1. The van der Waals surface area contributed by atoms with Gasteiger partial charge in [0, 0.05) is 38.0 Å². The molecule has 0 aliphatic carbocycles. The van der Waals surface area contributed by atoms with Crippen molar-refractivity contribution < 1.29 is 41.0 Å². The fourth-order valence-electron chi connectivity index (χ4n) is 3.21. The van der Waals surface area contributed by atoms with Crippen LogP contribution in [0.5, 0.6) is 11.5 Å². The Kier molecular flexibility index (Phi) is 9.65. The molecule has 0 unspecified atom stereocenters. The van der Waals surface area contributed by atoms with Crippen molar-refractivity contribution in [3.8, 4) is 11.5 Å². The molecule has 2 aromatic heterocycles. The average molecular weight is 604 g/mol. The minimum atomic E-state index is -5.08. The largest absolute Gasteiger partial charge is 0.490 e. The molecular formula is C25H20ClF6N5O4. The number of H-pyrrole nitrogens is 1. The zero-order valence-corrected chi connectivity index (χ0v) is 21.6. The van der Waals surface area contributed by atoms with Gasteiger partial charge in [0.25, 0.3) is 5.56 Å². The number of halogens is 7. The molecule has 0 radical (unpaired) electrons. The molecule has 41 heavy (non-hydrogen) atoms. The van der Waals surface area contributed by atoms with Crippen molar-refractivity contribution in [1.82, 2.24) is 19.7 Å². The topological polar surface area (TPSA) is 122 Å². The molecule has 4 rings (SSSR count). The summed E-state index contributed by atoms with van der Waals surface area (Å²) in [5.74, 6) is -2.05. The summed E-state index contributed by atoms with van der Waals surface area (Å²) in [6.45, 7) is 0.365. The standard InChI is InChI=1S/C23H19ClF3N5O2.C2HF3O2/c1-32-13-15(11-30-32)8-16-12-29-22(31-21(16)33)28-10-14-2-4-17(5-3-14)34-18-6-7-20(24)19(9-18)23(25,26)27;3-2(4,5)1(6)7/h2-7,9,11-13H,8,10H2,1H3,(H2,28,29,31,33);(H,6,7). The van der Waals surface area contributed by atoms with Crippen molar-refractivity contribution in [2.75, 3.05) is 5.32 Å². The molecule has 0 saturated heterocycles. The number of aliphatic carboxylic acids is 1. The lowest BCUT2D eigenvalue weighted by Gasteiger charge is -2.12. The molecule has 0 aliphatic heterocycles. The first-order chi connectivity index (χ1) is 19.1. The number of anilines is 1. The van der Waals surface area contributed by atoms with Crippen LogP contribution in [0.4, 0.5) is 32.3 Å². The van der Waals surface area contributed by atoms with E-state index in [2.05, 4.69) is 20.4 Å². The van der Waals surface area contributed by atoms with Crippen LogP contribution in [0.3, 0.4) is 0 Å². The average Bonchev–Trinajstić information content (AvgIpc) is 3.30. The molecule has 218 valence electrons. The number of rotatable bonds is 7. The van der Waals surface area contributed by atoms with Gasteiger partial charge in [-0.3, -0.25) is 9.48 Å². The maximum Gasteiger partial charge on any atom is 0.490 e. The number of alkyl halides is 6. The number of nitrogens with zero attached hydrogens (tertiary/aromatic N) is 3. The fourth-order valence-corrected chi connectivity index (χ4v) is 3.43. The molecule has 0 saturated carbocycles. The van der Waals surface area contributed by atoms with E-state index < -0.39 is 28.9 Å². The van der Waals surface area contributed by atoms with Gasteiger partial charge >= 0.3 is 18.3 Å². The van der Waals surface area contributed by atoms with E-state index in [-0.39, 0.29) is 11.3 Å². The Morgan fingerprint density at radius 2 is 1.71 bits per heavy atom. The van der Waals surface area contributed by atoms with Gasteiger partial charge in [-0.1, -0.05) is 23.7 Å². The summed E-state index contributed by atoms with van der Waals surface area (Å²) in [7, 11) is 1.80. The third-order valence-electron chi connectivity index (χ3n) is 5.13. The van der Waals surface area contributed by atoms with E-state index in [1.165, 1.54) is 6.07 Å². The summed E-state index contributed by atoms with van der Waals surface area (Å²) in [6, 6.07) is 10.1. The van der Waals surface area contributed by atoms with Crippen molar-refractivity contribution in [2.24, 2.45) is 7.05 Å². The normalized spacial score (nSPS) is 11.4. The summed E-state index contributed by atoms with van der Waals surface area (Å²) in [6.07, 6.45) is -4.08. The summed E-state index contributed by atoms with van der Waals surface area (Å²) in [5.41, 5.74) is 0.985. The number of ether oxygens (including phenoxy) is 1. The monoisotopic (exact) mass is 603 g/mol. The summed E-state index contributed by atoms with van der Waals surface area (Å²) >= 11 is 5.63. The molecule has 9 nitrogen and oxygen atoms in total. The molecule has 0 bridgehead atoms. The van der Waals surface area contributed by atoms with Crippen LogP contribution in [0.25, 0.3) is 0 Å². The van der Waals surface area contributed by atoms with E-state index in [4.69, 9.17) is 26.2 Å². The predicted molar refractivity (Wildman–Crippen MR) is 135 cm³/mol. The fraction of sp³-hybridized carbons (Fsp3) is 0.200. The number of aromatic amines is 1. The molecule has 0 amide bonds. The maximum absolute atomic E-state index is 13.0. The van der Waals surface area contributed by atoms with Crippen LogP contribution in [0, 0.1) is 0 Å². The Labute approximate surface area is 232 Å². The Balaban J connectivity index is 0.000000587. The first kappa shape index (κ1) is 31.0. The first-order valence-corrected chi connectivity index (χ1v) is 11.7. The summed E-state index contributed by atoms with van der Waals surface area (Å²) in [4.78, 5) is 28.2. The lowest BCUT2D eigenvalue weighted by atomic mass is 10.1. The van der Waals surface area contributed by atoms with Crippen LogP contribution in [-0.2, 0) is 31.0 Å². The van der Waals surface area contributed by atoms with E-state index in [0.717, 1.165) is 23.3 Å². The Morgan fingerprint density at radius 3 is 2.24 bits per heavy atom. The Hall–Kier alpha value is -4.53. The van der Waals surface area contributed by atoms with Crippen LogP contribution in [-0.4, -0.2) is 37.0 Å². The molecule has 2 heterocycles. The molecule has 0 spiro atoms. The van der Waals surface area contributed by atoms with Crippen LogP contribution >= 0.6 is 11.6 Å². The van der Waals surface area contributed by atoms with E-state index in [0.29, 0.717) is 30.2 Å². The number of hydrogen-bond acceptors (Lipinski definition) is 6. The molecule has 2 aromatic carbocycles. The third-order valence-corrected chi connectivity index (χ3v) is 5.46. The zero-order chi connectivity index (χ0) is 30.4. The van der Waals surface area contributed by atoms with E-state index >= 15 is 0 Å². The second-order valence-corrected chi connectivity index (χ2v) is 8.73. The number of nitrogens with one attached hydrogen (secondary N) is 2. The summed E-state index contributed by atoms with van der Waals surface area (Å²) < 4.78 is 78.0. The van der Waals surface area contributed by atoms with Gasteiger partial charge < -0.3 is 20.1 Å². The van der Waals surface area contributed by atoms with Crippen molar-refractivity contribution in [1.29, 1.82) is 0 Å². The van der Waals surface area contributed by atoms with Gasteiger partial charge in [-0.15, -0.1) is 0 Å². The number of hydrogen-bond donors (Lipinski definition) is 3. The second-order valence-electron chi connectivity index (χ2n) is 8.32. The van der Waals surface area contributed by atoms with Crippen LogP contribution in [0.1, 0.15) is 22.3 Å². The van der Waals surface area contributed by atoms with Gasteiger partial charge in [0.15, 0.2) is 0 Å². The van der Waals surface area contributed by atoms with Crippen molar-refractivity contribution in [3.05, 3.63) is 98.7 Å². The third kappa shape index (κ3) is 9.27. The van der Waals surface area contributed by atoms with Gasteiger partial charge in [0.1, 0.15) is 11.5 Å². The minimum Gasteiger partial charge on any atom is -0.475 e. The smallest absolute Gasteiger partial charge is 0.475 e. The lowest BCUT2D eigenvalue weighted by Crippen LogP contribution is -2.21. The highest BCUT2D eigenvalue weighted by Gasteiger charge is 2.38. The molecule has 16 heteroatoms. The van der Waals surface area contributed by atoms with Crippen molar-refractivity contribution >= 4 is 23.5 Å². The van der Waals surface area contributed by atoms with Crippen molar-refractivity contribution in [2.45, 2.75) is 25.3 Å². The molecule has 0 atom stereocenters. The quantitative estimate of drug-likeness (QED) is 0.228. The Bertz CT molecular complexity index is 1550. The minimum absolute atomic E-state index is 0.0238. The van der Waals surface area contributed by atoms with Crippen LogP contribution in [0.2, 0.25) is 5.02 Å². The van der Waals surface area contributed by atoms with Gasteiger partial charge in [0.05, 0.1) is 16.8 Å². The van der Waals surface area contributed by atoms with Crippen LogP contribution in [0.15, 0.2) is 65.8 Å².